The second-order valence-electron chi connectivity index (χ2n) is 11.0. The van der Waals surface area contributed by atoms with Crippen LogP contribution in [0.15, 0.2) is 37.0 Å². The minimum atomic E-state index is -1.17. The van der Waals surface area contributed by atoms with E-state index in [-0.39, 0.29) is 43.2 Å². The molecule has 2 aromatic rings. The van der Waals surface area contributed by atoms with Gasteiger partial charge in [-0.05, 0) is 63.5 Å². The number of unbranched alkanes of at least 4 members (excludes halogenated alkanes) is 2. The topological polar surface area (TPSA) is 208 Å². The first-order chi connectivity index (χ1) is 21.6. The molecule has 0 aliphatic heterocycles. The van der Waals surface area contributed by atoms with E-state index in [0.717, 1.165) is 18.6 Å². The molecular weight excluding hydrogens is 644 g/mol. The van der Waals surface area contributed by atoms with Crippen LogP contribution in [0.25, 0.3) is 0 Å². The summed E-state index contributed by atoms with van der Waals surface area (Å²) in [6.07, 6.45) is 2.45. The Morgan fingerprint density at radius 1 is 1.09 bits per heavy atom. The van der Waals surface area contributed by atoms with Crippen molar-refractivity contribution in [1.29, 1.82) is 0 Å². The van der Waals surface area contributed by atoms with E-state index in [2.05, 4.69) is 15.6 Å². The van der Waals surface area contributed by atoms with E-state index >= 15 is 0 Å². The molecule has 0 saturated carbocycles. The summed E-state index contributed by atoms with van der Waals surface area (Å²) in [7, 11) is 3.01. The van der Waals surface area contributed by atoms with Gasteiger partial charge in [0.25, 0.3) is 0 Å². The minimum absolute atomic E-state index is 0.00167. The molecule has 2 aromatic heterocycles. The van der Waals surface area contributed by atoms with E-state index in [9.17, 15) is 28.8 Å². The highest BCUT2D eigenvalue weighted by Crippen LogP contribution is 2.30. The van der Waals surface area contributed by atoms with Gasteiger partial charge in [-0.3, -0.25) is 14.4 Å². The van der Waals surface area contributed by atoms with Crippen LogP contribution in [0.4, 0.5) is 4.79 Å². The summed E-state index contributed by atoms with van der Waals surface area (Å²) in [5, 5.41) is 14.8. The molecule has 254 valence electrons. The Morgan fingerprint density at radius 3 is 2.41 bits per heavy atom. The first kappa shape index (κ1) is 38.2. The third-order valence-corrected chi connectivity index (χ3v) is 8.22. The number of ether oxygens (including phenoxy) is 2. The molecule has 0 aliphatic carbocycles. The number of hydrogen-bond donors (Lipinski definition) is 3. The number of aromatic nitrogens is 1. The zero-order valence-electron chi connectivity index (χ0n) is 26.4. The summed E-state index contributed by atoms with van der Waals surface area (Å²) in [4.78, 5) is 77.5. The first-order valence-electron chi connectivity index (χ1n) is 14.4. The molecular formula is C29H40N4O11S2. The number of hydrogen-bond acceptors (Lipinski definition) is 13. The second-order valence-corrected chi connectivity index (χ2v) is 13.4. The lowest BCUT2D eigenvalue weighted by Crippen LogP contribution is -2.49. The Morgan fingerprint density at radius 2 is 1.83 bits per heavy atom. The van der Waals surface area contributed by atoms with Crippen LogP contribution in [0.5, 0.6) is 0 Å². The van der Waals surface area contributed by atoms with Gasteiger partial charge in [-0.1, -0.05) is 17.2 Å². The molecule has 0 radical (unpaired) electrons. The SMILES string of the molecule is CC(=O)N[C@@H](CC(=O)OC(C)(C)C)C(=O)NCCN(CCCCCSSc1ccc(C(=O)O)cn1)C(=O)OCc1oc(=O)oc1C. The molecule has 15 nitrogen and oxygen atoms in total. The van der Waals surface area contributed by atoms with Crippen LogP contribution in [-0.2, 0) is 30.5 Å². The van der Waals surface area contributed by atoms with E-state index in [0.29, 0.717) is 18.0 Å². The fraction of sp³-hybridized carbons (Fsp3) is 0.552. The normalized spacial score (nSPS) is 11.8. The Bertz CT molecular complexity index is 1390. The van der Waals surface area contributed by atoms with Crippen LogP contribution < -0.4 is 16.5 Å². The summed E-state index contributed by atoms with van der Waals surface area (Å²) in [6, 6.07) is 1.98. The van der Waals surface area contributed by atoms with Crippen molar-refractivity contribution < 1.29 is 47.4 Å². The van der Waals surface area contributed by atoms with Crippen LogP contribution in [0.3, 0.4) is 0 Å². The number of rotatable bonds is 18. The standard InChI is InChI=1S/C29H40N4O11S2/c1-18-22(43-28(40)42-18)17-41-27(39)33(12-7-6-8-14-45-46-23-10-9-20(16-31-23)26(37)38)13-11-30-25(36)21(32-19(2)34)15-24(35)44-29(3,4)5/h9-10,16,21H,6-8,11-15,17H2,1-5H3,(H,30,36)(H,32,34)(H,37,38)/t21-/m0/s1. The van der Waals surface area contributed by atoms with E-state index < -0.39 is 47.3 Å². The zero-order chi connectivity index (χ0) is 34.3. The highest BCUT2D eigenvalue weighted by Gasteiger charge is 2.26. The molecule has 0 unspecified atom stereocenters. The number of amides is 3. The number of carboxylic acid groups (broad SMARTS) is 1. The Balaban J connectivity index is 1.89. The first-order valence-corrected chi connectivity index (χ1v) is 16.7. The summed E-state index contributed by atoms with van der Waals surface area (Å²) >= 11 is 0. The van der Waals surface area contributed by atoms with Crippen molar-refractivity contribution in [2.45, 2.75) is 83.6 Å². The predicted octanol–water partition coefficient (Wildman–Crippen LogP) is 3.54. The number of nitrogens with zero attached hydrogens (tertiary/aromatic N) is 2. The summed E-state index contributed by atoms with van der Waals surface area (Å²) < 4.78 is 20.3. The van der Waals surface area contributed by atoms with Gasteiger partial charge in [0.1, 0.15) is 16.7 Å². The third-order valence-electron chi connectivity index (χ3n) is 5.87. The highest BCUT2D eigenvalue weighted by atomic mass is 33.1. The van der Waals surface area contributed by atoms with Crippen molar-refractivity contribution in [3.05, 3.63) is 46.0 Å². The smallest absolute Gasteiger partial charge is 0.478 e. The van der Waals surface area contributed by atoms with Crippen molar-refractivity contribution >= 4 is 51.4 Å². The number of aromatic carboxylic acids is 1. The van der Waals surface area contributed by atoms with Gasteiger partial charge in [-0.25, -0.2) is 19.4 Å². The molecule has 1 atom stereocenters. The van der Waals surface area contributed by atoms with E-state index in [1.807, 2.05) is 0 Å². The third kappa shape index (κ3) is 14.9. The Kier molecular flexibility index (Phi) is 15.7. The van der Waals surface area contributed by atoms with Gasteiger partial charge in [0.05, 0.1) is 12.0 Å². The number of carbonyl (C=O) groups is 5. The molecule has 0 bridgehead atoms. The molecule has 17 heteroatoms. The largest absolute Gasteiger partial charge is 0.519 e. The van der Waals surface area contributed by atoms with Gasteiger partial charge in [-0.2, -0.15) is 0 Å². The van der Waals surface area contributed by atoms with Crippen molar-refractivity contribution in [2.75, 3.05) is 25.4 Å². The van der Waals surface area contributed by atoms with Crippen molar-refractivity contribution in [1.82, 2.24) is 20.5 Å². The van der Waals surface area contributed by atoms with Gasteiger partial charge < -0.3 is 38.9 Å². The fourth-order valence-corrected chi connectivity index (χ4v) is 5.77. The highest BCUT2D eigenvalue weighted by molar-refractivity contribution is 8.76. The summed E-state index contributed by atoms with van der Waals surface area (Å²) in [5.41, 5.74) is -0.646. The molecule has 0 spiro atoms. The number of carbonyl (C=O) groups excluding carboxylic acids is 4. The molecule has 3 N–H and O–H groups in total. The molecule has 2 rings (SSSR count). The maximum atomic E-state index is 12.9. The monoisotopic (exact) mass is 684 g/mol. The maximum absolute atomic E-state index is 12.9. The average Bonchev–Trinajstić information content (AvgIpc) is 3.29. The molecule has 0 aliphatic rings. The van der Waals surface area contributed by atoms with E-state index in [1.54, 1.807) is 37.6 Å². The molecule has 0 saturated heterocycles. The van der Waals surface area contributed by atoms with Gasteiger partial charge in [0.2, 0.25) is 11.8 Å². The van der Waals surface area contributed by atoms with Gasteiger partial charge >= 0.3 is 23.9 Å². The zero-order valence-corrected chi connectivity index (χ0v) is 28.0. The number of carboxylic acids is 1. The van der Waals surface area contributed by atoms with Crippen molar-refractivity contribution in [3.63, 3.8) is 0 Å². The van der Waals surface area contributed by atoms with Crippen LogP contribution >= 0.6 is 21.6 Å². The number of esters is 1. The van der Waals surface area contributed by atoms with E-state index in [4.69, 9.17) is 23.4 Å². The van der Waals surface area contributed by atoms with Crippen molar-refractivity contribution in [3.8, 4) is 0 Å². The van der Waals surface area contributed by atoms with Crippen LogP contribution in [0.2, 0.25) is 0 Å². The number of aryl methyl sites for hydroxylation is 1. The molecule has 46 heavy (non-hydrogen) atoms. The van der Waals surface area contributed by atoms with Crippen molar-refractivity contribution in [2.24, 2.45) is 0 Å². The number of nitrogens with one attached hydrogen (secondary N) is 2. The molecule has 0 fully saturated rings. The predicted molar refractivity (Wildman–Crippen MR) is 168 cm³/mol. The minimum Gasteiger partial charge on any atom is -0.478 e. The molecule has 3 amide bonds. The average molecular weight is 685 g/mol. The van der Waals surface area contributed by atoms with Crippen LogP contribution in [-0.4, -0.2) is 81.9 Å². The van der Waals surface area contributed by atoms with Gasteiger partial charge in [0, 0.05) is 38.5 Å². The van der Waals surface area contributed by atoms with Gasteiger partial charge in [-0.15, -0.1) is 0 Å². The second kappa shape index (κ2) is 18.9. The van der Waals surface area contributed by atoms with Crippen LogP contribution in [0.1, 0.15) is 75.3 Å². The van der Waals surface area contributed by atoms with Crippen LogP contribution in [0, 0.1) is 6.92 Å². The Labute approximate surface area is 273 Å². The summed E-state index contributed by atoms with van der Waals surface area (Å²) in [5.74, 6) is -2.67. The maximum Gasteiger partial charge on any atom is 0.519 e. The molecule has 2 heterocycles. The van der Waals surface area contributed by atoms with E-state index in [1.165, 1.54) is 41.8 Å². The lowest BCUT2D eigenvalue weighted by atomic mass is 10.1. The van der Waals surface area contributed by atoms with Gasteiger partial charge in [0.15, 0.2) is 18.1 Å². The molecule has 0 aromatic carbocycles. The summed E-state index contributed by atoms with van der Waals surface area (Å²) in [6.45, 7) is 7.82. The quantitative estimate of drug-likeness (QED) is 0.117. The lowest BCUT2D eigenvalue weighted by Gasteiger charge is -2.24. The fourth-order valence-electron chi connectivity index (χ4n) is 3.76. The number of pyridine rings is 1. The Hall–Kier alpha value is -3.99. The lowest BCUT2D eigenvalue weighted by molar-refractivity contribution is -0.156.